The van der Waals surface area contributed by atoms with Gasteiger partial charge in [-0.25, -0.2) is 9.78 Å². The van der Waals surface area contributed by atoms with Crippen LogP contribution < -0.4 is 5.32 Å². The van der Waals surface area contributed by atoms with Gasteiger partial charge in [0.25, 0.3) is 5.91 Å². The van der Waals surface area contributed by atoms with Gasteiger partial charge in [0.05, 0.1) is 31.8 Å². The first-order chi connectivity index (χ1) is 25.8. The van der Waals surface area contributed by atoms with Crippen molar-refractivity contribution in [1.82, 2.24) is 25.4 Å². The Bertz CT molecular complexity index is 2010. The van der Waals surface area contributed by atoms with Crippen LogP contribution in [0.25, 0.3) is 11.1 Å². The lowest BCUT2D eigenvalue weighted by atomic mass is 9.91. The van der Waals surface area contributed by atoms with E-state index < -0.39 is 24.3 Å². The van der Waals surface area contributed by atoms with Gasteiger partial charge in [0.1, 0.15) is 19.0 Å². The van der Waals surface area contributed by atoms with Crippen LogP contribution in [0, 0.1) is 5.92 Å². The zero-order chi connectivity index (χ0) is 36.7. The van der Waals surface area contributed by atoms with Gasteiger partial charge in [-0.15, -0.1) is 0 Å². The molecule has 2 saturated heterocycles. The molecule has 2 aliphatic rings. The first-order valence-corrected chi connectivity index (χ1v) is 18.3. The predicted octanol–water partition coefficient (Wildman–Crippen LogP) is 6.10. The molecule has 0 radical (unpaired) electrons. The Kier molecular flexibility index (Phi) is 11.3. The van der Waals surface area contributed by atoms with Gasteiger partial charge < -0.3 is 24.6 Å². The van der Waals surface area contributed by atoms with Crippen molar-refractivity contribution in [2.45, 2.75) is 62.8 Å². The number of nitrogens with one attached hydrogen (secondary N) is 2. The molecule has 13 heteroatoms. The summed E-state index contributed by atoms with van der Waals surface area (Å²) in [7, 11) is 0. The number of nitrogens with zero attached hydrogens (tertiary/aromatic N) is 3. The molecule has 0 bridgehead atoms. The van der Waals surface area contributed by atoms with E-state index in [1.54, 1.807) is 11.8 Å². The predicted molar refractivity (Wildman–Crippen MR) is 196 cm³/mol. The summed E-state index contributed by atoms with van der Waals surface area (Å²) in [5.41, 5.74) is 6.14. The maximum absolute atomic E-state index is 13.2. The Morgan fingerprint density at radius 3 is 2.42 bits per heavy atom. The van der Waals surface area contributed by atoms with Crippen LogP contribution in [0.1, 0.15) is 53.6 Å². The van der Waals surface area contributed by atoms with Crippen LogP contribution in [0.5, 0.6) is 0 Å². The van der Waals surface area contributed by atoms with E-state index in [-0.39, 0.29) is 50.2 Å². The lowest BCUT2D eigenvalue weighted by Gasteiger charge is -2.41. The van der Waals surface area contributed by atoms with Crippen molar-refractivity contribution in [3.05, 3.63) is 137 Å². The number of likely N-dealkylation sites (tertiary alicyclic amines) is 1. The minimum Gasteiger partial charge on any atom is -0.445 e. The summed E-state index contributed by atoms with van der Waals surface area (Å²) in [5, 5.41) is 19.7. The highest BCUT2D eigenvalue weighted by Gasteiger charge is 2.40. The summed E-state index contributed by atoms with van der Waals surface area (Å²) in [6.07, 6.45) is -0.427. The quantitative estimate of drug-likeness (QED) is 0.101. The first kappa shape index (κ1) is 36.0. The lowest BCUT2D eigenvalue weighted by molar-refractivity contribution is -0.268. The summed E-state index contributed by atoms with van der Waals surface area (Å²) < 4.78 is 18.4. The second-order valence-corrected chi connectivity index (χ2v) is 14.0. The molecule has 272 valence electrons. The molecule has 3 heterocycles. The van der Waals surface area contributed by atoms with Crippen molar-refractivity contribution < 1.29 is 33.7 Å². The van der Waals surface area contributed by atoms with Gasteiger partial charge in [-0.2, -0.15) is 5.10 Å². The molecular weight excluding hydrogens is 695 g/mol. The number of thioether (sulfide) groups is 1. The second-order valence-electron chi connectivity index (χ2n) is 13.0. The number of ether oxygens (including phenoxy) is 3. The number of H-pyrrole nitrogens is 1. The van der Waals surface area contributed by atoms with Crippen LogP contribution in [0.2, 0.25) is 0 Å². The smallest absolute Gasteiger partial charge is 0.408 e. The number of aromatic nitrogens is 3. The Labute approximate surface area is 310 Å². The van der Waals surface area contributed by atoms with Gasteiger partial charge in [-0.1, -0.05) is 116 Å². The number of carbonyl (C=O) groups is 3. The molecule has 0 aliphatic carbocycles. The molecule has 3 amide bonds. The molecule has 5 aromatic rings. The fourth-order valence-corrected chi connectivity index (χ4v) is 7.41. The number of amides is 3. The Morgan fingerprint density at radius 1 is 0.925 bits per heavy atom. The maximum atomic E-state index is 13.2. The number of rotatable bonds is 12. The highest BCUT2D eigenvalue weighted by atomic mass is 32.2. The van der Waals surface area contributed by atoms with Crippen molar-refractivity contribution in [2.24, 2.45) is 5.92 Å². The largest absolute Gasteiger partial charge is 0.445 e. The van der Waals surface area contributed by atoms with E-state index >= 15 is 0 Å². The zero-order valence-corrected chi connectivity index (χ0v) is 29.8. The fourth-order valence-electron chi connectivity index (χ4n) is 6.47. The molecule has 12 nitrogen and oxygen atoms in total. The minimum absolute atomic E-state index is 0.0255. The molecular formula is C40H39N5O7S. The molecule has 53 heavy (non-hydrogen) atoms. The number of aromatic amines is 1. The van der Waals surface area contributed by atoms with Gasteiger partial charge >= 0.3 is 6.09 Å². The van der Waals surface area contributed by atoms with E-state index in [1.807, 2.05) is 103 Å². The van der Waals surface area contributed by atoms with Crippen molar-refractivity contribution in [3.8, 4) is 11.1 Å². The first-order valence-electron chi connectivity index (χ1n) is 17.3. The number of alkyl carbamates (subject to hydrolysis) is 1. The van der Waals surface area contributed by atoms with Gasteiger partial charge in [-0.05, 0) is 39.4 Å². The summed E-state index contributed by atoms with van der Waals surface area (Å²) in [4.78, 5) is 43.8. The molecule has 4 aromatic carbocycles. The Morgan fingerprint density at radius 2 is 1.68 bits per heavy atom. The average Bonchev–Trinajstić information content (AvgIpc) is 3.81. The number of hydrogen-bond acceptors (Lipinski definition) is 10. The highest BCUT2D eigenvalue weighted by molar-refractivity contribution is 7.99. The Hall–Kier alpha value is -5.34. The number of hydrogen-bond donors (Lipinski definition) is 3. The van der Waals surface area contributed by atoms with Gasteiger partial charge in [0, 0.05) is 17.2 Å². The molecule has 2 fully saturated rings. The van der Waals surface area contributed by atoms with Crippen molar-refractivity contribution in [2.75, 3.05) is 5.75 Å². The molecule has 7 rings (SSSR count). The molecule has 5 unspecified atom stereocenters. The van der Waals surface area contributed by atoms with E-state index in [1.165, 1.54) is 11.2 Å². The van der Waals surface area contributed by atoms with Crippen molar-refractivity contribution in [3.63, 3.8) is 0 Å². The number of aliphatic hydroxyl groups excluding tert-OH is 1. The highest BCUT2D eigenvalue weighted by Crippen LogP contribution is 2.43. The standard InChI is InChI=1S/C40H39N5O7S/c1-25-34(23-53-39-41-24-42-44-39)51-38(52-36(25)30-12-10-26(21-46)11-13-30)31-16-14-29(15-17-31)32-9-5-8-28(18-32)20-45-35(47)19-33(37(45)48)43-40(49)50-22-27-6-3-2-4-7-27/h2-18,24-25,33-34,36,38,46H,19-23H2,1H3,(H,43,49)(H,41,42,44). The number of benzene rings is 4. The molecule has 2 aliphatic heterocycles. The van der Waals surface area contributed by atoms with Crippen molar-refractivity contribution in [1.29, 1.82) is 0 Å². The van der Waals surface area contributed by atoms with Gasteiger partial charge in [0.15, 0.2) is 11.4 Å². The zero-order valence-electron chi connectivity index (χ0n) is 29.0. The van der Waals surface area contributed by atoms with Crippen molar-refractivity contribution >= 4 is 29.7 Å². The van der Waals surface area contributed by atoms with Crippen LogP contribution in [-0.2, 0) is 43.6 Å². The molecule has 5 atom stereocenters. The van der Waals surface area contributed by atoms with Crippen LogP contribution in [0.15, 0.2) is 115 Å². The summed E-state index contributed by atoms with van der Waals surface area (Å²) in [6.45, 7) is 2.23. The normalized spacial score (nSPS) is 21.5. The minimum atomic E-state index is -0.978. The number of imide groups is 1. The third-order valence-corrected chi connectivity index (χ3v) is 10.4. The third-order valence-electron chi connectivity index (χ3n) is 9.43. The van der Waals surface area contributed by atoms with Crippen LogP contribution in [0.4, 0.5) is 4.79 Å². The van der Waals surface area contributed by atoms with Crippen LogP contribution in [0.3, 0.4) is 0 Å². The second kappa shape index (κ2) is 16.6. The third kappa shape index (κ3) is 8.66. The van der Waals surface area contributed by atoms with E-state index in [0.29, 0.717) is 10.9 Å². The molecule has 0 saturated carbocycles. The fraction of sp³-hybridized carbons (Fsp3) is 0.275. The van der Waals surface area contributed by atoms with E-state index in [2.05, 4.69) is 27.4 Å². The molecule has 0 spiro atoms. The topological polar surface area (TPSA) is 156 Å². The average molecular weight is 734 g/mol. The monoisotopic (exact) mass is 733 g/mol. The summed E-state index contributed by atoms with van der Waals surface area (Å²) in [6, 6.07) is 31.7. The van der Waals surface area contributed by atoms with Gasteiger partial charge in [-0.3, -0.25) is 19.6 Å². The van der Waals surface area contributed by atoms with E-state index in [9.17, 15) is 19.5 Å². The number of carbonyl (C=O) groups excluding carboxylic acids is 3. The number of aliphatic hydroxyl groups is 1. The summed E-state index contributed by atoms with van der Waals surface area (Å²) in [5.74, 6) is -0.162. The van der Waals surface area contributed by atoms with Gasteiger partial charge in [0.2, 0.25) is 5.91 Å². The van der Waals surface area contributed by atoms with Crippen LogP contribution in [-0.4, -0.2) is 61.0 Å². The van der Waals surface area contributed by atoms with E-state index in [0.717, 1.165) is 38.9 Å². The molecule has 3 N–H and O–H groups in total. The van der Waals surface area contributed by atoms with Crippen LogP contribution >= 0.6 is 11.8 Å². The lowest BCUT2D eigenvalue weighted by Crippen LogP contribution is -2.41. The maximum Gasteiger partial charge on any atom is 0.408 e. The SMILES string of the molecule is CC1C(CSc2ncn[nH]2)OC(c2ccc(-c3cccc(CN4C(=O)CC(NC(=O)OCc5ccccc5)C4=O)c3)cc2)OC1c1ccc(CO)cc1. The van der Waals surface area contributed by atoms with E-state index in [4.69, 9.17) is 14.2 Å². The molecule has 1 aromatic heterocycles. The summed E-state index contributed by atoms with van der Waals surface area (Å²) >= 11 is 1.54. The Balaban J connectivity index is 1.01.